The Morgan fingerprint density at radius 3 is 2.65 bits per heavy atom. The average molecular weight is 287 g/mol. The van der Waals surface area contributed by atoms with E-state index >= 15 is 0 Å². The molecule has 4 heteroatoms. The Kier molecular flexibility index (Phi) is 4.13. The van der Waals surface area contributed by atoms with Crippen LogP contribution in [0.15, 0.2) is 24.3 Å². The van der Waals surface area contributed by atoms with Crippen molar-refractivity contribution >= 4 is 11.5 Å². The van der Waals surface area contributed by atoms with Gasteiger partial charge in [-0.05, 0) is 47.8 Å². The lowest BCUT2D eigenvalue weighted by molar-refractivity contribution is 0.419. The maximum absolute atomic E-state index is 6.39. The maximum Gasteiger partial charge on any atom is 0.0807 e. The number of hydrogen-bond donors (Lipinski definition) is 1. The highest BCUT2D eigenvalue weighted by Gasteiger charge is 2.21. The van der Waals surface area contributed by atoms with Gasteiger partial charge in [-0.1, -0.05) is 48.5 Å². The Morgan fingerprint density at radius 2 is 2.05 bits per heavy atom. The van der Waals surface area contributed by atoms with Gasteiger partial charge in [0.2, 0.25) is 0 Å². The molecule has 1 heterocycles. The van der Waals surface area contributed by atoms with Crippen LogP contribution >= 0.6 is 11.5 Å². The fraction of sp³-hybridized carbons (Fsp3) is 0.500. The van der Waals surface area contributed by atoms with Gasteiger partial charge < -0.3 is 5.73 Å². The van der Waals surface area contributed by atoms with Crippen molar-refractivity contribution in [1.82, 2.24) is 9.59 Å². The first-order chi connectivity index (χ1) is 9.79. The Labute approximate surface area is 124 Å². The van der Waals surface area contributed by atoms with Gasteiger partial charge in [0.25, 0.3) is 0 Å². The highest BCUT2D eigenvalue weighted by atomic mass is 32.1. The molecule has 1 atom stereocenters. The minimum absolute atomic E-state index is 0.0907. The van der Waals surface area contributed by atoms with Gasteiger partial charge in [0, 0.05) is 0 Å². The van der Waals surface area contributed by atoms with Gasteiger partial charge in [-0.25, -0.2) is 0 Å². The van der Waals surface area contributed by atoms with Crippen molar-refractivity contribution in [3.8, 4) is 0 Å². The molecule has 1 aromatic carbocycles. The fourth-order valence-corrected chi connectivity index (χ4v) is 3.46. The molecule has 1 aliphatic carbocycles. The first-order valence-corrected chi connectivity index (χ1v) is 8.23. The zero-order valence-corrected chi connectivity index (χ0v) is 12.7. The fourth-order valence-electron chi connectivity index (χ4n) is 2.73. The molecule has 1 unspecified atom stereocenters. The van der Waals surface area contributed by atoms with Crippen molar-refractivity contribution in [1.29, 1.82) is 0 Å². The quantitative estimate of drug-likeness (QED) is 0.910. The molecule has 2 N–H and O–H groups in total. The Morgan fingerprint density at radius 1 is 1.30 bits per heavy atom. The lowest BCUT2D eigenvalue weighted by Crippen LogP contribution is -2.13. The largest absolute Gasteiger partial charge is 0.320 e. The summed E-state index contributed by atoms with van der Waals surface area (Å²) in [5.74, 6) is 0.779. The summed E-state index contributed by atoms with van der Waals surface area (Å²) >= 11 is 1.43. The maximum atomic E-state index is 6.39. The van der Waals surface area contributed by atoms with Crippen LogP contribution in [-0.4, -0.2) is 9.59 Å². The monoisotopic (exact) mass is 287 g/mol. The standard InChI is InChI=1S/C16H21N3S/c1-2-4-14-16(20-19-18-14)15(17)13-9-7-12(8-10-13)11-5-3-6-11/h7-11,15H,2-6,17H2,1H3. The SMILES string of the molecule is CCCc1nnsc1C(N)c1ccc(C2CCC2)cc1. The van der Waals surface area contributed by atoms with E-state index in [9.17, 15) is 0 Å². The number of aromatic nitrogens is 2. The van der Waals surface area contributed by atoms with Gasteiger partial charge in [0.1, 0.15) is 0 Å². The van der Waals surface area contributed by atoms with Crippen LogP contribution in [0.3, 0.4) is 0 Å². The molecule has 1 saturated carbocycles. The summed E-state index contributed by atoms with van der Waals surface area (Å²) in [4.78, 5) is 1.11. The predicted octanol–water partition coefficient (Wildman–Crippen LogP) is 3.81. The van der Waals surface area contributed by atoms with E-state index in [0.29, 0.717) is 0 Å². The molecule has 0 saturated heterocycles. The molecule has 20 heavy (non-hydrogen) atoms. The molecule has 0 bridgehead atoms. The number of aryl methyl sites for hydroxylation is 1. The minimum atomic E-state index is -0.0907. The van der Waals surface area contributed by atoms with Crippen LogP contribution in [0.5, 0.6) is 0 Å². The molecule has 0 radical (unpaired) electrons. The van der Waals surface area contributed by atoms with Gasteiger partial charge >= 0.3 is 0 Å². The summed E-state index contributed by atoms with van der Waals surface area (Å²) in [5.41, 5.74) is 10.1. The van der Waals surface area contributed by atoms with E-state index in [4.69, 9.17) is 5.73 Å². The van der Waals surface area contributed by atoms with Crippen molar-refractivity contribution in [3.63, 3.8) is 0 Å². The summed E-state index contributed by atoms with van der Waals surface area (Å²) in [5, 5.41) is 4.21. The summed E-state index contributed by atoms with van der Waals surface area (Å²) in [6.45, 7) is 2.15. The van der Waals surface area contributed by atoms with E-state index in [1.165, 1.54) is 36.4 Å². The summed E-state index contributed by atoms with van der Waals surface area (Å²) in [6, 6.07) is 8.74. The van der Waals surface area contributed by atoms with Crippen molar-refractivity contribution in [2.75, 3.05) is 0 Å². The molecule has 3 rings (SSSR count). The zero-order chi connectivity index (χ0) is 13.9. The summed E-state index contributed by atoms with van der Waals surface area (Å²) in [6.07, 6.45) is 6.08. The van der Waals surface area contributed by atoms with Crippen molar-refractivity contribution < 1.29 is 0 Å². The van der Waals surface area contributed by atoms with Gasteiger partial charge in [0.15, 0.2) is 0 Å². The van der Waals surface area contributed by atoms with Crippen molar-refractivity contribution in [3.05, 3.63) is 46.0 Å². The third-order valence-electron chi connectivity index (χ3n) is 4.23. The van der Waals surface area contributed by atoms with E-state index in [1.54, 1.807) is 0 Å². The van der Waals surface area contributed by atoms with Crippen LogP contribution in [0.4, 0.5) is 0 Å². The van der Waals surface area contributed by atoms with E-state index < -0.39 is 0 Å². The van der Waals surface area contributed by atoms with E-state index in [2.05, 4.69) is 40.8 Å². The second kappa shape index (κ2) is 6.02. The topological polar surface area (TPSA) is 51.8 Å². The van der Waals surface area contributed by atoms with Crippen LogP contribution in [0.2, 0.25) is 0 Å². The molecule has 1 fully saturated rings. The van der Waals surface area contributed by atoms with Gasteiger partial charge in [-0.2, -0.15) is 0 Å². The van der Waals surface area contributed by atoms with E-state index in [-0.39, 0.29) is 6.04 Å². The predicted molar refractivity (Wildman–Crippen MR) is 83.0 cm³/mol. The molecule has 2 aromatic rings. The summed E-state index contributed by atoms with van der Waals surface area (Å²) < 4.78 is 4.07. The van der Waals surface area contributed by atoms with Crippen LogP contribution in [0, 0.1) is 0 Å². The highest BCUT2D eigenvalue weighted by Crippen LogP contribution is 2.37. The molecule has 0 aliphatic heterocycles. The van der Waals surface area contributed by atoms with Gasteiger partial charge in [-0.3, -0.25) is 0 Å². The van der Waals surface area contributed by atoms with E-state index in [1.807, 2.05) is 0 Å². The number of nitrogens with two attached hydrogens (primary N) is 1. The molecule has 106 valence electrons. The lowest BCUT2D eigenvalue weighted by atomic mass is 9.80. The second-order valence-electron chi connectivity index (χ2n) is 5.61. The molecular weight excluding hydrogens is 266 g/mol. The molecular formula is C16H21N3S. The Hall–Kier alpha value is -1.26. The van der Waals surface area contributed by atoms with Crippen LogP contribution in [0.25, 0.3) is 0 Å². The number of benzene rings is 1. The summed E-state index contributed by atoms with van der Waals surface area (Å²) in [7, 11) is 0. The van der Waals surface area contributed by atoms with Gasteiger partial charge in [-0.15, -0.1) is 5.10 Å². The first kappa shape index (κ1) is 13.7. The molecule has 1 aromatic heterocycles. The Bertz CT molecular complexity index is 557. The third-order valence-corrected chi connectivity index (χ3v) is 5.08. The lowest BCUT2D eigenvalue weighted by Gasteiger charge is -2.26. The highest BCUT2D eigenvalue weighted by molar-refractivity contribution is 7.05. The van der Waals surface area contributed by atoms with Crippen molar-refractivity contribution in [2.45, 2.75) is 51.0 Å². The smallest absolute Gasteiger partial charge is 0.0807 e. The molecule has 3 nitrogen and oxygen atoms in total. The Balaban J connectivity index is 1.78. The van der Waals surface area contributed by atoms with Crippen LogP contribution in [-0.2, 0) is 6.42 Å². The van der Waals surface area contributed by atoms with Crippen LogP contribution < -0.4 is 5.73 Å². The zero-order valence-electron chi connectivity index (χ0n) is 11.9. The average Bonchev–Trinajstić information content (AvgIpc) is 2.86. The third kappa shape index (κ3) is 2.63. The molecule has 1 aliphatic rings. The first-order valence-electron chi connectivity index (χ1n) is 7.46. The number of rotatable bonds is 5. The number of hydrogen-bond acceptors (Lipinski definition) is 4. The number of nitrogens with zero attached hydrogens (tertiary/aromatic N) is 2. The van der Waals surface area contributed by atoms with E-state index in [0.717, 1.165) is 34.9 Å². The molecule has 0 spiro atoms. The van der Waals surface area contributed by atoms with Crippen molar-refractivity contribution in [2.24, 2.45) is 5.73 Å². The second-order valence-corrected chi connectivity index (χ2v) is 6.39. The molecule has 0 amide bonds. The normalized spacial score (nSPS) is 16.9. The minimum Gasteiger partial charge on any atom is -0.320 e. The van der Waals surface area contributed by atoms with Gasteiger partial charge in [0.05, 0.1) is 16.6 Å². The van der Waals surface area contributed by atoms with Crippen LogP contribution in [0.1, 0.15) is 66.3 Å².